The van der Waals surface area contributed by atoms with E-state index in [-0.39, 0.29) is 41.4 Å². The van der Waals surface area contributed by atoms with Crippen molar-refractivity contribution < 1.29 is 38.8 Å². The third-order valence-corrected chi connectivity index (χ3v) is 4.92. The molecule has 0 atom stereocenters. The fourth-order valence-electron chi connectivity index (χ4n) is 3.11. The average molecular weight is 464 g/mol. The minimum atomic E-state index is -0.747. The SMILES string of the molecule is COC(=O)c1cc(OC(=O)CCc2ccc(O)cc2)ccc1OC(=O)CCc1ccc(O)cc1. The summed E-state index contributed by atoms with van der Waals surface area (Å²) in [6.07, 6.45) is 0.953. The van der Waals surface area contributed by atoms with Crippen LogP contribution in [0.25, 0.3) is 0 Å². The van der Waals surface area contributed by atoms with Gasteiger partial charge in [-0.3, -0.25) is 9.59 Å². The largest absolute Gasteiger partial charge is 0.508 e. The zero-order valence-corrected chi connectivity index (χ0v) is 18.5. The summed E-state index contributed by atoms with van der Waals surface area (Å²) in [6, 6.07) is 17.0. The maximum absolute atomic E-state index is 12.3. The number of aryl methyl sites for hydroxylation is 2. The number of benzene rings is 3. The summed E-state index contributed by atoms with van der Waals surface area (Å²) in [5.74, 6) is -1.44. The van der Waals surface area contributed by atoms with Crippen LogP contribution in [0.1, 0.15) is 34.3 Å². The maximum Gasteiger partial charge on any atom is 0.341 e. The lowest BCUT2D eigenvalue weighted by atomic mass is 10.1. The first kappa shape index (κ1) is 24.3. The summed E-state index contributed by atoms with van der Waals surface area (Å²) in [5.41, 5.74) is 1.65. The Bertz CT molecular complexity index is 1150. The van der Waals surface area contributed by atoms with E-state index in [1.54, 1.807) is 24.3 Å². The van der Waals surface area contributed by atoms with Crippen LogP contribution in [0.5, 0.6) is 23.0 Å². The molecule has 0 spiro atoms. The Morgan fingerprint density at radius 3 is 1.71 bits per heavy atom. The molecule has 0 aromatic heterocycles. The van der Waals surface area contributed by atoms with E-state index in [0.717, 1.165) is 11.1 Å². The summed E-state index contributed by atoms with van der Waals surface area (Å²) < 4.78 is 15.4. The molecule has 0 fully saturated rings. The Morgan fingerprint density at radius 1 is 0.706 bits per heavy atom. The highest BCUT2D eigenvalue weighted by molar-refractivity contribution is 5.94. The van der Waals surface area contributed by atoms with Crippen molar-refractivity contribution in [1.29, 1.82) is 0 Å². The van der Waals surface area contributed by atoms with Gasteiger partial charge in [0, 0.05) is 12.8 Å². The third-order valence-electron chi connectivity index (χ3n) is 4.92. The highest BCUT2D eigenvalue weighted by atomic mass is 16.5. The molecule has 0 saturated carbocycles. The molecule has 3 aromatic carbocycles. The van der Waals surface area contributed by atoms with E-state index >= 15 is 0 Å². The Hall–Kier alpha value is -4.33. The summed E-state index contributed by atoms with van der Waals surface area (Å²) in [7, 11) is 1.19. The van der Waals surface area contributed by atoms with E-state index in [1.807, 2.05) is 0 Å². The van der Waals surface area contributed by atoms with Gasteiger partial charge >= 0.3 is 17.9 Å². The number of esters is 3. The first-order chi connectivity index (χ1) is 16.3. The monoisotopic (exact) mass is 464 g/mol. The van der Waals surface area contributed by atoms with Gasteiger partial charge in [0.15, 0.2) is 0 Å². The molecule has 34 heavy (non-hydrogen) atoms. The quantitative estimate of drug-likeness (QED) is 0.361. The number of phenols is 2. The second-order valence-corrected chi connectivity index (χ2v) is 7.43. The van der Waals surface area contributed by atoms with E-state index in [9.17, 15) is 24.6 Å². The van der Waals surface area contributed by atoms with Crippen molar-refractivity contribution >= 4 is 17.9 Å². The van der Waals surface area contributed by atoms with Gasteiger partial charge in [0.25, 0.3) is 0 Å². The molecule has 0 aliphatic rings. The van der Waals surface area contributed by atoms with Crippen LogP contribution in [0.4, 0.5) is 0 Å². The number of hydrogen-bond acceptors (Lipinski definition) is 8. The second-order valence-electron chi connectivity index (χ2n) is 7.43. The number of rotatable bonds is 9. The second kappa shape index (κ2) is 11.5. The van der Waals surface area contributed by atoms with Crippen LogP contribution in [-0.2, 0) is 27.2 Å². The number of aromatic hydroxyl groups is 2. The normalized spacial score (nSPS) is 10.4. The number of carbonyl (C=O) groups is 3. The molecule has 0 heterocycles. The van der Waals surface area contributed by atoms with E-state index < -0.39 is 17.9 Å². The van der Waals surface area contributed by atoms with Gasteiger partial charge in [-0.25, -0.2) is 4.79 Å². The molecule has 0 unspecified atom stereocenters. The molecule has 176 valence electrons. The van der Waals surface area contributed by atoms with Crippen LogP contribution in [0.2, 0.25) is 0 Å². The van der Waals surface area contributed by atoms with Gasteiger partial charge in [0.1, 0.15) is 28.6 Å². The van der Waals surface area contributed by atoms with Gasteiger partial charge in [0.05, 0.1) is 7.11 Å². The van der Waals surface area contributed by atoms with Crippen molar-refractivity contribution in [2.75, 3.05) is 7.11 Å². The topological polar surface area (TPSA) is 119 Å². The van der Waals surface area contributed by atoms with E-state index in [1.165, 1.54) is 49.6 Å². The predicted octanol–water partition coefficient (Wildman–Crippen LogP) is 3.96. The molecular weight excluding hydrogens is 440 g/mol. The lowest BCUT2D eigenvalue weighted by Crippen LogP contribution is -2.14. The number of carbonyl (C=O) groups excluding carboxylic acids is 3. The van der Waals surface area contributed by atoms with Crippen LogP contribution in [0, 0.1) is 0 Å². The van der Waals surface area contributed by atoms with Crippen LogP contribution in [0.3, 0.4) is 0 Å². The Morgan fingerprint density at radius 2 is 1.21 bits per heavy atom. The molecule has 3 rings (SSSR count). The molecule has 0 amide bonds. The number of phenolic OH excluding ortho intramolecular Hbond substituents is 2. The van der Waals surface area contributed by atoms with Gasteiger partial charge < -0.3 is 24.4 Å². The highest BCUT2D eigenvalue weighted by Crippen LogP contribution is 2.26. The Kier molecular flexibility index (Phi) is 8.23. The van der Waals surface area contributed by atoms with E-state index in [2.05, 4.69) is 0 Å². The van der Waals surface area contributed by atoms with Gasteiger partial charge in [-0.2, -0.15) is 0 Å². The lowest BCUT2D eigenvalue weighted by molar-refractivity contribution is -0.135. The molecule has 0 bridgehead atoms. The molecule has 0 aliphatic carbocycles. The minimum absolute atomic E-state index is 0.00792. The van der Waals surface area contributed by atoms with Gasteiger partial charge in [-0.1, -0.05) is 24.3 Å². The van der Waals surface area contributed by atoms with E-state index in [4.69, 9.17) is 14.2 Å². The summed E-state index contributed by atoms with van der Waals surface area (Å²) >= 11 is 0. The maximum atomic E-state index is 12.3. The Balaban J connectivity index is 1.61. The molecule has 2 N–H and O–H groups in total. The van der Waals surface area contributed by atoms with Crippen LogP contribution in [0.15, 0.2) is 66.7 Å². The minimum Gasteiger partial charge on any atom is -0.508 e. The fraction of sp³-hybridized carbons (Fsp3) is 0.192. The summed E-state index contributed by atoms with van der Waals surface area (Å²) in [6.45, 7) is 0. The highest BCUT2D eigenvalue weighted by Gasteiger charge is 2.18. The number of hydrogen-bond donors (Lipinski definition) is 2. The van der Waals surface area contributed by atoms with Crippen molar-refractivity contribution in [3.8, 4) is 23.0 Å². The molecular formula is C26H24O8. The van der Waals surface area contributed by atoms with Crippen molar-refractivity contribution in [3.05, 3.63) is 83.4 Å². The fourth-order valence-corrected chi connectivity index (χ4v) is 3.11. The summed E-state index contributed by atoms with van der Waals surface area (Å²) in [5, 5.41) is 18.6. The third kappa shape index (κ3) is 7.09. The zero-order valence-electron chi connectivity index (χ0n) is 18.5. The van der Waals surface area contributed by atoms with Crippen molar-refractivity contribution in [2.45, 2.75) is 25.7 Å². The van der Waals surface area contributed by atoms with Crippen LogP contribution in [-0.4, -0.2) is 35.2 Å². The van der Waals surface area contributed by atoms with Crippen molar-refractivity contribution in [3.63, 3.8) is 0 Å². The van der Waals surface area contributed by atoms with Crippen molar-refractivity contribution in [1.82, 2.24) is 0 Å². The molecule has 8 heteroatoms. The molecule has 0 saturated heterocycles. The average Bonchev–Trinajstić information content (AvgIpc) is 2.83. The lowest BCUT2D eigenvalue weighted by Gasteiger charge is -2.11. The smallest absolute Gasteiger partial charge is 0.341 e. The summed E-state index contributed by atoms with van der Waals surface area (Å²) in [4.78, 5) is 36.7. The van der Waals surface area contributed by atoms with E-state index in [0.29, 0.717) is 12.8 Å². The van der Waals surface area contributed by atoms with Crippen LogP contribution < -0.4 is 9.47 Å². The standard InChI is InChI=1S/C26H24O8/c1-32-26(31)22-16-21(33-24(29)14-6-17-2-8-19(27)9-3-17)12-13-23(22)34-25(30)15-7-18-4-10-20(28)11-5-18/h2-5,8-13,16,27-28H,6-7,14-15H2,1H3. The number of ether oxygens (including phenoxy) is 3. The Labute approximate surface area is 196 Å². The number of methoxy groups -OCH3 is 1. The van der Waals surface area contributed by atoms with Crippen LogP contribution >= 0.6 is 0 Å². The molecule has 0 radical (unpaired) electrons. The van der Waals surface area contributed by atoms with Crippen molar-refractivity contribution in [2.24, 2.45) is 0 Å². The molecule has 0 aliphatic heterocycles. The van der Waals surface area contributed by atoms with Gasteiger partial charge in [-0.05, 0) is 66.4 Å². The zero-order chi connectivity index (χ0) is 24.5. The van der Waals surface area contributed by atoms with Gasteiger partial charge in [-0.15, -0.1) is 0 Å². The molecule has 8 nitrogen and oxygen atoms in total. The molecule has 3 aromatic rings. The first-order valence-electron chi connectivity index (χ1n) is 10.5. The predicted molar refractivity (Wildman–Crippen MR) is 122 cm³/mol. The first-order valence-corrected chi connectivity index (χ1v) is 10.5. The van der Waals surface area contributed by atoms with Gasteiger partial charge in [0.2, 0.25) is 0 Å².